The van der Waals surface area contributed by atoms with Crippen LogP contribution in [0.4, 0.5) is 11.5 Å². The molecule has 108 valence electrons. The van der Waals surface area contributed by atoms with Gasteiger partial charge in [-0.15, -0.1) is 11.3 Å². The fourth-order valence-corrected chi connectivity index (χ4v) is 2.60. The van der Waals surface area contributed by atoms with E-state index in [9.17, 15) is 0 Å². The van der Waals surface area contributed by atoms with Crippen molar-refractivity contribution in [2.45, 2.75) is 33.4 Å². The Hall–Kier alpha value is -1.75. The van der Waals surface area contributed by atoms with Gasteiger partial charge in [-0.3, -0.25) is 0 Å². The van der Waals surface area contributed by atoms with E-state index in [0.29, 0.717) is 11.6 Å². The first kappa shape index (κ1) is 14.7. The fraction of sp³-hybridized carbons (Fsp3) is 0.400. The lowest BCUT2D eigenvalue weighted by atomic mass is 10.3. The van der Waals surface area contributed by atoms with Crippen molar-refractivity contribution in [2.24, 2.45) is 0 Å². The van der Waals surface area contributed by atoms with Crippen LogP contribution < -0.4 is 15.4 Å². The van der Waals surface area contributed by atoms with Gasteiger partial charge in [0.2, 0.25) is 5.88 Å². The summed E-state index contributed by atoms with van der Waals surface area (Å²) in [5.41, 5.74) is 6.49. The van der Waals surface area contributed by atoms with Gasteiger partial charge in [-0.25, -0.2) is 0 Å². The lowest BCUT2D eigenvalue weighted by Crippen LogP contribution is -2.23. The van der Waals surface area contributed by atoms with Crippen LogP contribution >= 0.6 is 11.3 Å². The maximum Gasteiger partial charge on any atom is 0.239 e. The molecule has 0 bridgehead atoms. The zero-order valence-electron chi connectivity index (χ0n) is 12.2. The first-order valence-electron chi connectivity index (χ1n) is 6.80. The van der Waals surface area contributed by atoms with Gasteiger partial charge in [0.15, 0.2) is 0 Å². The molecule has 2 aromatic heterocycles. The number of nitrogens with two attached hydrogens (primary N) is 1. The van der Waals surface area contributed by atoms with Gasteiger partial charge >= 0.3 is 0 Å². The van der Waals surface area contributed by atoms with Crippen molar-refractivity contribution in [3.63, 3.8) is 0 Å². The second-order valence-corrected chi connectivity index (χ2v) is 5.86. The first-order chi connectivity index (χ1) is 9.60. The summed E-state index contributed by atoms with van der Waals surface area (Å²) in [5, 5.41) is 2.09. The molecule has 0 saturated heterocycles. The summed E-state index contributed by atoms with van der Waals surface area (Å²) < 4.78 is 5.66. The van der Waals surface area contributed by atoms with E-state index in [1.54, 1.807) is 11.3 Å². The second-order valence-electron chi connectivity index (χ2n) is 4.82. The number of ether oxygens (including phenoxy) is 1. The summed E-state index contributed by atoms with van der Waals surface area (Å²) in [6.45, 7) is 7.80. The SMILES string of the molecule is CCN(Cc1cccs1)c1ccc(N)c(OC(C)C)n1. The largest absolute Gasteiger partial charge is 0.473 e. The highest BCUT2D eigenvalue weighted by atomic mass is 32.1. The maximum absolute atomic E-state index is 5.91. The molecule has 2 rings (SSSR count). The van der Waals surface area contributed by atoms with E-state index in [0.717, 1.165) is 18.9 Å². The molecule has 0 unspecified atom stereocenters. The molecule has 0 fully saturated rings. The first-order valence-corrected chi connectivity index (χ1v) is 7.68. The summed E-state index contributed by atoms with van der Waals surface area (Å²) in [5.74, 6) is 1.41. The minimum Gasteiger partial charge on any atom is -0.473 e. The number of thiophene rings is 1. The number of nitrogens with zero attached hydrogens (tertiary/aromatic N) is 2. The highest BCUT2D eigenvalue weighted by Crippen LogP contribution is 2.25. The molecule has 0 spiro atoms. The summed E-state index contributed by atoms with van der Waals surface area (Å²) in [7, 11) is 0. The molecule has 0 aromatic carbocycles. The van der Waals surface area contributed by atoms with Crippen LogP contribution in [0.2, 0.25) is 0 Å². The van der Waals surface area contributed by atoms with Crippen molar-refractivity contribution < 1.29 is 4.74 Å². The molecular formula is C15H21N3OS. The normalized spacial score (nSPS) is 10.8. The average Bonchev–Trinajstić information content (AvgIpc) is 2.91. The Kier molecular flexibility index (Phi) is 4.84. The predicted molar refractivity (Wildman–Crippen MR) is 85.5 cm³/mol. The fourth-order valence-electron chi connectivity index (χ4n) is 1.88. The van der Waals surface area contributed by atoms with Gasteiger partial charge in [0.25, 0.3) is 0 Å². The van der Waals surface area contributed by atoms with Crippen LogP contribution in [0.25, 0.3) is 0 Å². The smallest absolute Gasteiger partial charge is 0.239 e. The quantitative estimate of drug-likeness (QED) is 0.884. The molecule has 0 radical (unpaired) electrons. The summed E-state index contributed by atoms with van der Waals surface area (Å²) in [6.07, 6.45) is 0.0624. The lowest BCUT2D eigenvalue weighted by Gasteiger charge is -2.22. The van der Waals surface area contributed by atoms with Gasteiger partial charge in [0, 0.05) is 11.4 Å². The zero-order valence-corrected chi connectivity index (χ0v) is 13.0. The third-order valence-corrected chi connectivity index (χ3v) is 3.72. The molecular weight excluding hydrogens is 270 g/mol. The number of rotatable bonds is 6. The Morgan fingerprint density at radius 1 is 1.35 bits per heavy atom. The summed E-state index contributed by atoms with van der Waals surface area (Å²) >= 11 is 1.75. The third kappa shape index (κ3) is 3.63. The molecule has 0 aliphatic carbocycles. The van der Waals surface area contributed by atoms with Gasteiger partial charge in [0.05, 0.1) is 18.3 Å². The molecule has 5 heteroatoms. The van der Waals surface area contributed by atoms with Gasteiger partial charge in [-0.1, -0.05) is 6.07 Å². The van der Waals surface area contributed by atoms with Gasteiger partial charge in [0.1, 0.15) is 5.82 Å². The van der Waals surface area contributed by atoms with Crippen LogP contribution in [-0.2, 0) is 6.54 Å². The Labute approximate surface area is 124 Å². The van der Waals surface area contributed by atoms with E-state index < -0.39 is 0 Å². The van der Waals surface area contributed by atoms with Crippen molar-refractivity contribution in [3.05, 3.63) is 34.5 Å². The van der Waals surface area contributed by atoms with Gasteiger partial charge in [-0.05, 0) is 44.4 Å². The van der Waals surface area contributed by atoms with E-state index >= 15 is 0 Å². The average molecular weight is 291 g/mol. The minimum atomic E-state index is 0.0624. The number of hydrogen-bond donors (Lipinski definition) is 1. The Bertz CT molecular complexity index is 540. The lowest BCUT2D eigenvalue weighted by molar-refractivity contribution is 0.234. The van der Waals surface area contributed by atoms with Gasteiger partial charge < -0.3 is 15.4 Å². The van der Waals surface area contributed by atoms with E-state index in [2.05, 4.69) is 34.3 Å². The van der Waals surface area contributed by atoms with E-state index in [1.807, 2.05) is 26.0 Å². The van der Waals surface area contributed by atoms with Crippen LogP contribution in [0.15, 0.2) is 29.6 Å². The van der Waals surface area contributed by atoms with Crippen molar-refractivity contribution in [3.8, 4) is 5.88 Å². The van der Waals surface area contributed by atoms with Crippen LogP contribution in [0.1, 0.15) is 25.6 Å². The minimum absolute atomic E-state index is 0.0624. The Balaban J connectivity index is 2.21. The van der Waals surface area contributed by atoms with Crippen molar-refractivity contribution in [1.29, 1.82) is 0 Å². The zero-order chi connectivity index (χ0) is 14.5. The number of anilines is 2. The van der Waals surface area contributed by atoms with Crippen LogP contribution in [0.5, 0.6) is 5.88 Å². The van der Waals surface area contributed by atoms with Crippen LogP contribution in [0, 0.1) is 0 Å². The number of nitrogen functional groups attached to an aromatic ring is 1. The molecule has 4 nitrogen and oxygen atoms in total. The third-order valence-electron chi connectivity index (χ3n) is 2.85. The highest BCUT2D eigenvalue weighted by Gasteiger charge is 2.12. The van der Waals surface area contributed by atoms with E-state index in [-0.39, 0.29) is 6.10 Å². The number of aromatic nitrogens is 1. The molecule has 0 aliphatic rings. The molecule has 20 heavy (non-hydrogen) atoms. The Morgan fingerprint density at radius 3 is 2.75 bits per heavy atom. The molecule has 2 N–H and O–H groups in total. The van der Waals surface area contributed by atoms with Crippen molar-refractivity contribution >= 4 is 22.8 Å². The number of pyridine rings is 1. The van der Waals surface area contributed by atoms with Gasteiger partial charge in [-0.2, -0.15) is 4.98 Å². The summed E-state index contributed by atoms with van der Waals surface area (Å²) in [6, 6.07) is 8.00. The molecule has 0 saturated carbocycles. The standard InChI is InChI=1S/C15H21N3OS/c1-4-18(10-12-6-5-9-20-12)14-8-7-13(16)15(17-14)19-11(2)3/h5-9,11H,4,10,16H2,1-3H3. The van der Waals surface area contributed by atoms with Crippen LogP contribution in [-0.4, -0.2) is 17.6 Å². The number of hydrogen-bond acceptors (Lipinski definition) is 5. The monoisotopic (exact) mass is 291 g/mol. The molecule has 2 aromatic rings. The predicted octanol–water partition coefficient (Wildman–Crippen LogP) is 3.54. The van der Waals surface area contributed by atoms with Crippen molar-refractivity contribution in [1.82, 2.24) is 4.98 Å². The molecule has 2 heterocycles. The molecule has 0 amide bonds. The molecule has 0 aliphatic heterocycles. The van der Waals surface area contributed by atoms with E-state index in [1.165, 1.54) is 4.88 Å². The molecule has 0 atom stereocenters. The highest BCUT2D eigenvalue weighted by molar-refractivity contribution is 7.09. The second kappa shape index (κ2) is 6.61. The summed E-state index contributed by atoms with van der Waals surface area (Å²) in [4.78, 5) is 8.07. The van der Waals surface area contributed by atoms with E-state index in [4.69, 9.17) is 10.5 Å². The van der Waals surface area contributed by atoms with Crippen molar-refractivity contribution in [2.75, 3.05) is 17.2 Å². The van der Waals surface area contributed by atoms with Crippen LogP contribution in [0.3, 0.4) is 0 Å². The topological polar surface area (TPSA) is 51.4 Å². The maximum atomic E-state index is 5.91. The Morgan fingerprint density at radius 2 is 2.15 bits per heavy atom.